The van der Waals surface area contributed by atoms with Crippen LogP contribution in [0.3, 0.4) is 0 Å². The highest BCUT2D eigenvalue weighted by molar-refractivity contribution is 5.74. The molecular weight excluding hydrogens is 344 g/mol. The Morgan fingerprint density at radius 3 is 2.41 bits per heavy atom. The number of hydrogen-bond donors (Lipinski definition) is 1. The smallest absolute Gasteiger partial charge is 0.317 e. The first-order chi connectivity index (χ1) is 13.2. The van der Waals surface area contributed by atoms with Crippen LogP contribution in [0.2, 0.25) is 0 Å². The summed E-state index contributed by atoms with van der Waals surface area (Å²) in [5, 5.41) is 3.10. The molecule has 1 aliphatic heterocycles. The number of nitrogens with zero attached hydrogens (tertiary/aromatic N) is 1. The number of piperidine rings is 1. The molecule has 0 bridgehead atoms. The normalized spacial score (nSPS) is 20.2. The first-order valence-electron chi connectivity index (χ1n) is 9.76. The van der Waals surface area contributed by atoms with Crippen LogP contribution in [0.25, 0.3) is 0 Å². The summed E-state index contributed by atoms with van der Waals surface area (Å²) in [7, 11) is 3.24. The predicted octanol–water partition coefficient (Wildman–Crippen LogP) is 3.61. The summed E-state index contributed by atoms with van der Waals surface area (Å²) in [6.45, 7) is 2.15. The lowest BCUT2D eigenvalue weighted by Gasteiger charge is -2.33. The minimum Gasteiger partial charge on any atom is -0.493 e. The van der Waals surface area contributed by atoms with Crippen LogP contribution in [-0.2, 0) is 0 Å². The van der Waals surface area contributed by atoms with Crippen molar-refractivity contribution in [2.24, 2.45) is 5.92 Å². The highest BCUT2D eigenvalue weighted by Crippen LogP contribution is 2.38. The lowest BCUT2D eigenvalue weighted by Crippen LogP contribution is -2.47. The molecule has 0 aromatic heterocycles. The summed E-state index contributed by atoms with van der Waals surface area (Å²) in [6, 6.07) is 5.64. The van der Waals surface area contributed by atoms with E-state index in [9.17, 15) is 4.79 Å². The highest BCUT2D eigenvalue weighted by atomic mass is 16.5. The van der Waals surface area contributed by atoms with Gasteiger partial charge < -0.3 is 24.4 Å². The second kappa shape index (κ2) is 9.53. The number of methoxy groups -OCH3 is 2. The number of likely N-dealkylation sites (tertiary alicyclic amines) is 1. The minimum atomic E-state index is 0.0397. The minimum absolute atomic E-state index is 0.0397. The number of ether oxygens (including phenoxy) is 3. The van der Waals surface area contributed by atoms with Gasteiger partial charge in [0.05, 0.1) is 14.2 Å². The SMILES string of the molecule is COc1cccc(OC)c1OC1CCN(C(=O)NCC2CC=CCC2)CC1. The fourth-order valence-electron chi connectivity index (χ4n) is 3.66. The number of para-hydroxylation sites is 1. The van der Waals surface area contributed by atoms with Crippen LogP contribution in [0, 0.1) is 5.92 Å². The third kappa shape index (κ3) is 5.08. The van der Waals surface area contributed by atoms with Crippen molar-refractivity contribution in [2.75, 3.05) is 33.9 Å². The van der Waals surface area contributed by atoms with E-state index < -0.39 is 0 Å². The van der Waals surface area contributed by atoms with E-state index >= 15 is 0 Å². The fourth-order valence-corrected chi connectivity index (χ4v) is 3.66. The predicted molar refractivity (Wildman–Crippen MR) is 105 cm³/mol. The summed E-state index contributed by atoms with van der Waals surface area (Å²) in [6.07, 6.45) is 9.42. The van der Waals surface area contributed by atoms with Gasteiger partial charge in [-0.3, -0.25) is 0 Å². The van der Waals surface area contributed by atoms with E-state index in [1.807, 2.05) is 23.1 Å². The third-order valence-corrected chi connectivity index (χ3v) is 5.32. The maximum atomic E-state index is 12.4. The van der Waals surface area contributed by atoms with E-state index in [2.05, 4.69) is 17.5 Å². The number of carbonyl (C=O) groups excluding carboxylic acids is 1. The molecular formula is C21H30N2O4. The molecule has 3 rings (SSSR count). The largest absolute Gasteiger partial charge is 0.493 e. The molecule has 1 saturated heterocycles. The average molecular weight is 374 g/mol. The van der Waals surface area contributed by atoms with Crippen LogP contribution < -0.4 is 19.5 Å². The number of carbonyl (C=O) groups is 1. The molecule has 27 heavy (non-hydrogen) atoms. The molecule has 0 saturated carbocycles. The Hall–Kier alpha value is -2.37. The van der Waals surface area contributed by atoms with Gasteiger partial charge in [-0.1, -0.05) is 18.2 Å². The van der Waals surface area contributed by atoms with Crippen molar-refractivity contribution >= 4 is 6.03 Å². The van der Waals surface area contributed by atoms with E-state index in [1.165, 1.54) is 0 Å². The molecule has 6 heteroatoms. The van der Waals surface area contributed by atoms with Crippen molar-refractivity contribution in [3.05, 3.63) is 30.4 Å². The number of allylic oxidation sites excluding steroid dienone is 2. The third-order valence-electron chi connectivity index (χ3n) is 5.32. The Labute approximate surface area is 161 Å². The van der Waals surface area contributed by atoms with Crippen molar-refractivity contribution in [1.82, 2.24) is 10.2 Å². The first-order valence-corrected chi connectivity index (χ1v) is 9.76. The standard InChI is InChI=1S/C21H30N2O4/c1-25-18-9-6-10-19(26-2)20(18)27-17-11-13-23(14-12-17)21(24)22-15-16-7-4-3-5-8-16/h3-4,6,9-10,16-17H,5,7-8,11-15H2,1-2H3,(H,22,24). The lowest BCUT2D eigenvalue weighted by molar-refractivity contribution is 0.105. The Morgan fingerprint density at radius 2 is 1.81 bits per heavy atom. The van der Waals surface area contributed by atoms with Crippen LogP contribution in [-0.4, -0.2) is 50.9 Å². The zero-order chi connectivity index (χ0) is 19.1. The van der Waals surface area contributed by atoms with Crippen molar-refractivity contribution in [2.45, 2.75) is 38.2 Å². The molecule has 0 spiro atoms. The number of hydrogen-bond acceptors (Lipinski definition) is 4. The highest BCUT2D eigenvalue weighted by Gasteiger charge is 2.26. The molecule has 2 aliphatic rings. The van der Waals surface area contributed by atoms with Crippen LogP contribution in [0.1, 0.15) is 32.1 Å². The van der Waals surface area contributed by atoms with Gasteiger partial charge in [0, 0.05) is 32.5 Å². The zero-order valence-corrected chi connectivity index (χ0v) is 16.3. The zero-order valence-electron chi connectivity index (χ0n) is 16.3. The summed E-state index contributed by atoms with van der Waals surface area (Å²) in [5.41, 5.74) is 0. The second-order valence-electron chi connectivity index (χ2n) is 7.13. The monoisotopic (exact) mass is 374 g/mol. The summed E-state index contributed by atoms with van der Waals surface area (Å²) in [5.74, 6) is 2.53. The van der Waals surface area contributed by atoms with Gasteiger partial charge >= 0.3 is 6.03 Å². The average Bonchev–Trinajstić information content (AvgIpc) is 2.73. The quantitative estimate of drug-likeness (QED) is 0.773. The van der Waals surface area contributed by atoms with Gasteiger partial charge in [-0.05, 0) is 37.3 Å². The van der Waals surface area contributed by atoms with Gasteiger partial charge in [0.2, 0.25) is 5.75 Å². The molecule has 1 fully saturated rings. The van der Waals surface area contributed by atoms with Crippen LogP contribution in [0.4, 0.5) is 4.79 Å². The van der Waals surface area contributed by atoms with Gasteiger partial charge in [0.25, 0.3) is 0 Å². The molecule has 6 nitrogen and oxygen atoms in total. The van der Waals surface area contributed by atoms with E-state index in [1.54, 1.807) is 14.2 Å². The van der Waals surface area contributed by atoms with Crippen LogP contribution in [0.15, 0.2) is 30.4 Å². The second-order valence-corrected chi connectivity index (χ2v) is 7.13. The Kier molecular flexibility index (Phi) is 6.85. The maximum Gasteiger partial charge on any atom is 0.317 e. The lowest BCUT2D eigenvalue weighted by atomic mass is 9.94. The molecule has 1 atom stereocenters. The first kappa shape index (κ1) is 19.4. The topological polar surface area (TPSA) is 60.0 Å². The van der Waals surface area contributed by atoms with E-state index in [0.29, 0.717) is 36.3 Å². The van der Waals surface area contributed by atoms with Crippen molar-refractivity contribution in [3.63, 3.8) is 0 Å². The maximum absolute atomic E-state index is 12.4. The molecule has 1 N–H and O–H groups in total. The van der Waals surface area contributed by atoms with E-state index in [-0.39, 0.29) is 12.1 Å². The molecule has 1 unspecified atom stereocenters. The molecule has 2 amide bonds. The number of urea groups is 1. The van der Waals surface area contributed by atoms with Crippen molar-refractivity contribution < 1.29 is 19.0 Å². The van der Waals surface area contributed by atoms with Gasteiger partial charge in [-0.2, -0.15) is 0 Å². The number of nitrogens with one attached hydrogen (secondary N) is 1. The van der Waals surface area contributed by atoms with Crippen molar-refractivity contribution in [1.29, 1.82) is 0 Å². The fraction of sp³-hybridized carbons (Fsp3) is 0.571. The van der Waals surface area contributed by atoms with Gasteiger partial charge in [0.15, 0.2) is 11.5 Å². The number of amides is 2. The molecule has 148 valence electrons. The van der Waals surface area contributed by atoms with Gasteiger partial charge in [-0.25, -0.2) is 4.79 Å². The van der Waals surface area contributed by atoms with E-state index in [0.717, 1.165) is 38.6 Å². The summed E-state index contributed by atoms with van der Waals surface area (Å²) in [4.78, 5) is 14.3. The number of benzene rings is 1. The van der Waals surface area contributed by atoms with Crippen LogP contribution in [0.5, 0.6) is 17.2 Å². The molecule has 1 aliphatic carbocycles. The van der Waals surface area contributed by atoms with Crippen molar-refractivity contribution in [3.8, 4) is 17.2 Å². The molecule has 1 heterocycles. The Balaban J connectivity index is 1.47. The van der Waals surface area contributed by atoms with E-state index in [4.69, 9.17) is 14.2 Å². The molecule has 1 aromatic carbocycles. The molecule has 1 aromatic rings. The van der Waals surface area contributed by atoms with Crippen LogP contribution >= 0.6 is 0 Å². The van der Waals surface area contributed by atoms with Gasteiger partial charge in [0.1, 0.15) is 6.10 Å². The summed E-state index contributed by atoms with van der Waals surface area (Å²) >= 11 is 0. The molecule has 0 radical (unpaired) electrons. The van der Waals surface area contributed by atoms with Gasteiger partial charge in [-0.15, -0.1) is 0 Å². The Bertz CT molecular complexity index is 631. The summed E-state index contributed by atoms with van der Waals surface area (Å²) < 4.78 is 17.0. The Morgan fingerprint density at radius 1 is 1.11 bits per heavy atom. The number of rotatable bonds is 6.